The number of hydrogen-bond acceptors (Lipinski definition) is 5. The minimum Gasteiger partial charge on any atom is -0.316 e. The van der Waals surface area contributed by atoms with Gasteiger partial charge in [-0.3, -0.25) is 9.78 Å². The van der Waals surface area contributed by atoms with Crippen LogP contribution < -0.4 is 5.32 Å². The molecule has 2 aromatic rings. The Morgan fingerprint density at radius 1 is 1.55 bits per heavy atom. The van der Waals surface area contributed by atoms with Crippen molar-refractivity contribution < 1.29 is 4.79 Å². The van der Waals surface area contributed by atoms with Crippen molar-refractivity contribution in [2.75, 3.05) is 17.3 Å². The smallest absolute Gasteiger partial charge is 0.228 e. The third-order valence-corrected chi connectivity index (χ3v) is 4.76. The van der Waals surface area contributed by atoms with Crippen molar-refractivity contribution in [1.82, 2.24) is 9.97 Å². The first-order valence-electron chi connectivity index (χ1n) is 6.29. The Balaban J connectivity index is 2.14. The molecule has 106 valence electrons. The van der Waals surface area contributed by atoms with E-state index in [0.717, 1.165) is 27.0 Å². The molecule has 0 saturated heterocycles. The molecular weight excluding hydrogens is 290 g/mol. The van der Waals surface area contributed by atoms with Gasteiger partial charge < -0.3 is 5.32 Å². The molecule has 0 aliphatic heterocycles. The molecule has 1 N–H and O–H groups in total. The highest BCUT2D eigenvalue weighted by Crippen LogP contribution is 2.31. The first kappa shape index (κ1) is 15.0. The molecule has 0 radical (unpaired) electrons. The Morgan fingerprint density at radius 2 is 2.35 bits per heavy atom. The van der Waals surface area contributed by atoms with E-state index < -0.39 is 0 Å². The van der Waals surface area contributed by atoms with Crippen LogP contribution in [-0.4, -0.2) is 27.9 Å². The average Bonchev–Trinajstić information content (AvgIpc) is 2.81. The van der Waals surface area contributed by atoms with E-state index in [9.17, 15) is 4.79 Å². The summed E-state index contributed by atoms with van der Waals surface area (Å²) in [5, 5.41) is 4.67. The van der Waals surface area contributed by atoms with E-state index >= 15 is 0 Å². The van der Waals surface area contributed by atoms with Gasteiger partial charge in [0.05, 0.1) is 5.69 Å². The second-order valence-corrected chi connectivity index (χ2v) is 6.43. The lowest BCUT2D eigenvalue weighted by Gasteiger charge is -2.09. The Morgan fingerprint density at radius 3 is 3.00 bits per heavy atom. The molecule has 0 bridgehead atoms. The fourth-order valence-corrected chi connectivity index (χ4v) is 3.30. The first-order valence-corrected chi connectivity index (χ1v) is 8.50. The molecule has 1 amide bonds. The molecule has 0 aromatic carbocycles. The lowest BCUT2D eigenvalue weighted by molar-refractivity contribution is -0.118. The van der Waals surface area contributed by atoms with Gasteiger partial charge in [-0.1, -0.05) is 18.3 Å². The number of thiazole rings is 1. The summed E-state index contributed by atoms with van der Waals surface area (Å²) in [6.07, 6.45) is 5.51. The largest absolute Gasteiger partial charge is 0.316 e. The van der Waals surface area contributed by atoms with Crippen LogP contribution in [0.5, 0.6) is 0 Å². The van der Waals surface area contributed by atoms with Gasteiger partial charge in [0, 0.05) is 29.6 Å². The third-order valence-electron chi connectivity index (χ3n) is 2.81. The summed E-state index contributed by atoms with van der Waals surface area (Å²) < 4.78 is 0. The molecule has 0 fully saturated rings. The number of rotatable bonds is 5. The Kier molecular flexibility index (Phi) is 5.14. The fraction of sp³-hybridized carbons (Fsp3) is 0.357. The van der Waals surface area contributed by atoms with Crippen LogP contribution in [-0.2, 0) is 4.79 Å². The van der Waals surface area contributed by atoms with Crippen LogP contribution in [0, 0.1) is 12.8 Å². The number of pyridine rings is 1. The van der Waals surface area contributed by atoms with Crippen LogP contribution in [0.2, 0.25) is 0 Å². The molecule has 6 heteroatoms. The SMILES string of the molecule is CSCC(C)C(=O)Nc1sc(-c2cccnc2)nc1C. The van der Waals surface area contributed by atoms with E-state index in [1.807, 2.05) is 32.2 Å². The maximum atomic E-state index is 12.0. The van der Waals surface area contributed by atoms with E-state index in [-0.39, 0.29) is 11.8 Å². The molecule has 2 rings (SSSR count). The molecule has 1 atom stereocenters. The zero-order valence-corrected chi connectivity index (χ0v) is 13.3. The number of carbonyl (C=O) groups is 1. The van der Waals surface area contributed by atoms with Gasteiger partial charge in [-0.25, -0.2) is 4.98 Å². The number of nitrogens with one attached hydrogen (secondary N) is 1. The van der Waals surface area contributed by atoms with E-state index in [1.54, 1.807) is 24.2 Å². The van der Waals surface area contributed by atoms with Gasteiger partial charge in [0.1, 0.15) is 10.0 Å². The Hall–Kier alpha value is -1.40. The molecule has 4 nitrogen and oxygen atoms in total. The number of nitrogens with zero attached hydrogens (tertiary/aromatic N) is 2. The standard InChI is InChI=1S/C14H17N3OS2/c1-9(8-19-3)12(18)17-13-10(2)16-14(20-13)11-5-4-6-15-7-11/h4-7,9H,8H2,1-3H3,(H,17,18). The van der Waals surface area contributed by atoms with Crippen LogP contribution in [0.15, 0.2) is 24.5 Å². The number of carbonyl (C=O) groups excluding carboxylic acids is 1. The van der Waals surface area contributed by atoms with Crippen molar-refractivity contribution in [2.24, 2.45) is 5.92 Å². The van der Waals surface area contributed by atoms with Crippen LogP contribution in [0.1, 0.15) is 12.6 Å². The molecule has 2 aromatic heterocycles. The predicted octanol–water partition coefficient (Wildman–Crippen LogP) is 3.45. The molecule has 2 heterocycles. The lowest BCUT2D eigenvalue weighted by Crippen LogP contribution is -2.21. The van der Waals surface area contributed by atoms with Crippen LogP contribution in [0.4, 0.5) is 5.00 Å². The molecule has 0 saturated carbocycles. The van der Waals surface area contributed by atoms with Gasteiger partial charge in [0.2, 0.25) is 5.91 Å². The average molecular weight is 307 g/mol. The number of thioether (sulfide) groups is 1. The van der Waals surface area contributed by atoms with Gasteiger partial charge in [-0.2, -0.15) is 11.8 Å². The zero-order valence-electron chi connectivity index (χ0n) is 11.7. The van der Waals surface area contributed by atoms with Crippen LogP contribution in [0.3, 0.4) is 0 Å². The van der Waals surface area contributed by atoms with E-state index in [0.29, 0.717) is 0 Å². The van der Waals surface area contributed by atoms with Crippen molar-refractivity contribution >= 4 is 34.0 Å². The zero-order chi connectivity index (χ0) is 14.5. The highest BCUT2D eigenvalue weighted by Gasteiger charge is 2.16. The van der Waals surface area contributed by atoms with Gasteiger partial charge in [0.25, 0.3) is 0 Å². The fourth-order valence-electron chi connectivity index (χ4n) is 1.69. The van der Waals surface area contributed by atoms with Crippen molar-refractivity contribution in [3.63, 3.8) is 0 Å². The molecular formula is C14H17N3OS2. The third kappa shape index (κ3) is 3.58. The molecule has 0 aliphatic rings. The Bertz CT molecular complexity index is 583. The highest BCUT2D eigenvalue weighted by atomic mass is 32.2. The van der Waals surface area contributed by atoms with Crippen LogP contribution in [0.25, 0.3) is 10.6 Å². The summed E-state index contributed by atoms with van der Waals surface area (Å²) in [6, 6.07) is 3.85. The van der Waals surface area contributed by atoms with Gasteiger partial charge >= 0.3 is 0 Å². The summed E-state index contributed by atoms with van der Waals surface area (Å²) in [5.41, 5.74) is 1.82. The van der Waals surface area contributed by atoms with Crippen molar-refractivity contribution in [3.8, 4) is 10.6 Å². The van der Waals surface area contributed by atoms with Crippen molar-refractivity contribution in [1.29, 1.82) is 0 Å². The summed E-state index contributed by atoms with van der Waals surface area (Å²) in [6.45, 7) is 3.84. The second kappa shape index (κ2) is 6.85. The predicted molar refractivity (Wildman–Crippen MR) is 86.3 cm³/mol. The maximum Gasteiger partial charge on any atom is 0.228 e. The Labute approximate surface area is 127 Å². The molecule has 20 heavy (non-hydrogen) atoms. The summed E-state index contributed by atoms with van der Waals surface area (Å²) in [4.78, 5) is 20.6. The maximum absolute atomic E-state index is 12.0. The monoisotopic (exact) mass is 307 g/mol. The minimum atomic E-state index is -0.00616. The number of anilines is 1. The van der Waals surface area contributed by atoms with Crippen molar-refractivity contribution in [2.45, 2.75) is 13.8 Å². The van der Waals surface area contributed by atoms with Gasteiger partial charge in [-0.15, -0.1) is 0 Å². The van der Waals surface area contributed by atoms with Gasteiger partial charge in [-0.05, 0) is 25.3 Å². The molecule has 0 spiro atoms. The summed E-state index contributed by atoms with van der Waals surface area (Å²) in [7, 11) is 0. The van der Waals surface area contributed by atoms with E-state index in [4.69, 9.17) is 0 Å². The van der Waals surface area contributed by atoms with Crippen molar-refractivity contribution in [3.05, 3.63) is 30.2 Å². The quantitative estimate of drug-likeness (QED) is 0.919. The molecule has 0 aliphatic carbocycles. The van der Waals surface area contributed by atoms with Crippen LogP contribution >= 0.6 is 23.1 Å². The van der Waals surface area contributed by atoms with Gasteiger partial charge in [0.15, 0.2) is 0 Å². The summed E-state index contributed by atoms with van der Waals surface area (Å²) >= 11 is 3.16. The van der Waals surface area contributed by atoms with E-state index in [1.165, 1.54) is 11.3 Å². The number of aromatic nitrogens is 2. The summed E-state index contributed by atoms with van der Waals surface area (Å²) in [5.74, 6) is 0.858. The normalized spacial score (nSPS) is 12.2. The second-order valence-electron chi connectivity index (χ2n) is 4.52. The number of hydrogen-bond donors (Lipinski definition) is 1. The first-order chi connectivity index (χ1) is 9.61. The highest BCUT2D eigenvalue weighted by molar-refractivity contribution is 7.98. The molecule has 1 unspecified atom stereocenters. The number of amides is 1. The topological polar surface area (TPSA) is 54.9 Å². The lowest BCUT2D eigenvalue weighted by atomic mass is 10.2. The number of aryl methyl sites for hydroxylation is 1. The van der Waals surface area contributed by atoms with E-state index in [2.05, 4.69) is 15.3 Å². The minimum absolute atomic E-state index is 0.00616.